The molecule has 0 unspecified atom stereocenters. The van der Waals surface area contributed by atoms with Crippen LogP contribution >= 0.6 is 35.0 Å². The quantitative estimate of drug-likeness (QED) is 0.467. The number of rotatable bonds is 4. The second-order valence-corrected chi connectivity index (χ2v) is 8.03. The van der Waals surface area contributed by atoms with Crippen LogP contribution in [0.2, 0.25) is 10.0 Å². The lowest BCUT2D eigenvalue weighted by Gasteiger charge is -2.11. The molecule has 0 bridgehead atoms. The Hall–Kier alpha value is -3.00. The zero-order valence-corrected chi connectivity index (χ0v) is 17.3. The highest BCUT2D eigenvalue weighted by molar-refractivity contribution is 8.19. The second-order valence-electron chi connectivity index (χ2n) is 6.20. The predicted molar refractivity (Wildman–Crippen MR) is 116 cm³/mol. The molecule has 0 atom stereocenters. The van der Waals surface area contributed by atoms with Crippen LogP contribution in [-0.2, 0) is 4.79 Å². The van der Waals surface area contributed by atoms with Gasteiger partial charge in [0.2, 0.25) is 0 Å². The lowest BCUT2D eigenvalue weighted by molar-refractivity contribution is -0.113. The van der Waals surface area contributed by atoms with E-state index in [2.05, 4.69) is 0 Å². The first kappa shape index (κ1) is 20.3. The number of anilines is 1. The van der Waals surface area contributed by atoms with Gasteiger partial charge in [-0.3, -0.25) is 9.59 Å². The lowest BCUT2D eigenvalue weighted by atomic mass is 10.1. The van der Waals surface area contributed by atoms with Gasteiger partial charge < -0.3 is 9.52 Å². The van der Waals surface area contributed by atoms with Crippen LogP contribution in [0.1, 0.15) is 16.1 Å². The van der Waals surface area contributed by atoms with Gasteiger partial charge in [-0.1, -0.05) is 29.3 Å². The van der Waals surface area contributed by atoms with E-state index in [0.29, 0.717) is 27.8 Å². The molecule has 9 heteroatoms. The highest BCUT2D eigenvalue weighted by Crippen LogP contribution is 2.37. The van der Waals surface area contributed by atoms with Gasteiger partial charge in [0, 0.05) is 16.7 Å². The van der Waals surface area contributed by atoms with Crippen molar-refractivity contribution >= 4 is 63.8 Å². The summed E-state index contributed by atoms with van der Waals surface area (Å²) in [5, 5.41) is 9.23. The number of hydrogen-bond donors (Lipinski definition) is 1. The lowest BCUT2D eigenvalue weighted by Crippen LogP contribution is -2.27. The van der Waals surface area contributed by atoms with Gasteiger partial charge in [0.05, 0.1) is 21.2 Å². The van der Waals surface area contributed by atoms with Crippen molar-refractivity contribution in [3.8, 4) is 11.3 Å². The van der Waals surface area contributed by atoms with Crippen LogP contribution in [-0.4, -0.2) is 22.2 Å². The molecule has 2 heterocycles. The topological polar surface area (TPSA) is 87.8 Å². The first-order valence-electron chi connectivity index (χ1n) is 8.50. The first-order chi connectivity index (χ1) is 14.3. The number of amides is 2. The van der Waals surface area contributed by atoms with E-state index in [-0.39, 0.29) is 15.5 Å². The number of nitrogens with zero attached hydrogens (tertiary/aromatic N) is 1. The largest absolute Gasteiger partial charge is 0.478 e. The van der Waals surface area contributed by atoms with Gasteiger partial charge in [-0.15, -0.1) is 0 Å². The van der Waals surface area contributed by atoms with E-state index >= 15 is 0 Å². The highest BCUT2D eigenvalue weighted by Gasteiger charge is 2.36. The third-order valence-corrected chi connectivity index (χ3v) is 5.70. The number of carbonyl (C=O) groups excluding carboxylic acids is 2. The molecule has 30 heavy (non-hydrogen) atoms. The van der Waals surface area contributed by atoms with E-state index in [1.165, 1.54) is 18.2 Å². The Morgan fingerprint density at radius 3 is 2.43 bits per heavy atom. The van der Waals surface area contributed by atoms with Gasteiger partial charge in [-0.25, -0.2) is 9.69 Å². The van der Waals surface area contributed by atoms with Crippen molar-refractivity contribution in [2.75, 3.05) is 4.90 Å². The van der Waals surface area contributed by atoms with Crippen LogP contribution in [0, 0.1) is 0 Å². The Bertz CT molecular complexity index is 1220. The summed E-state index contributed by atoms with van der Waals surface area (Å²) in [4.78, 5) is 37.4. The molecule has 1 saturated heterocycles. The third kappa shape index (κ3) is 3.87. The van der Waals surface area contributed by atoms with Gasteiger partial charge >= 0.3 is 5.97 Å². The molecular weight excluding hydrogens is 449 g/mol. The normalized spacial score (nSPS) is 15.3. The summed E-state index contributed by atoms with van der Waals surface area (Å²) >= 11 is 12.7. The van der Waals surface area contributed by atoms with E-state index in [0.717, 1.165) is 16.7 Å². The maximum atomic E-state index is 12.7. The Morgan fingerprint density at radius 1 is 1.03 bits per heavy atom. The van der Waals surface area contributed by atoms with E-state index in [1.54, 1.807) is 42.5 Å². The number of thioether (sulfide) groups is 1. The van der Waals surface area contributed by atoms with Crippen molar-refractivity contribution in [3.63, 3.8) is 0 Å². The summed E-state index contributed by atoms with van der Waals surface area (Å²) in [5.41, 5.74) is 1.00. The maximum Gasteiger partial charge on any atom is 0.337 e. The minimum absolute atomic E-state index is 0.0110. The van der Waals surface area contributed by atoms with Crippen molar-refractivity contribution in [2.45, 2.75) is 0 Å². The zero-order chi connectivity index (χ0) is 21.4. The first-order valence-corrected chi connectivity index (χ1v) is 10.1. The fraction of sp³-hybridized carbons (Fsp3) is 0. The smallest absolute Gasteiger partial charge is 0.337 e. The van der Waals surface area contributed by atoms with Crippen molar-refractivity contribution in [1.29, 1.82) is 0 Å². The monoisotopic (exact) mass is 459 g/mol. The molecule has 1 N–H and O–H groups in total. The van der Waals surface area contributed by atoms with Crippen molar-refractivity contribution in [2.24, 2.45) is 0 Å². The van der Waals surface area contributed by atoms with E-state index in [4.69, 9.17) is 32.7 Å². The fourth-order valence-corrected chi connectivity index (χ4v) is 4.05. The van der Waals surface area contributed by atoms with Gasteiger partial charge in [0.15, 0.2) is 0 Å². The summed E-state index contributed by atoms with van der Waals surface area (Å²) < 4.78 is 5.73. The molecule has 6 nitrogen and oxygen atoms in total. The van der Waals surface area contributed by atoms with E-state index in [1.807, 2.05) is 0 Å². The summed E-state index contributed by atoms with van der Waals surface area (Å²) in [7, 11) is 0. The van der Waals surface area contributed by atoms with Gasteiger partial charge in [0.25, 0.3) is 11.1 Å². The van der Waals surface area contributed by atoms with Crippen LogP contribution in [0.15, 0.2) is 63.9 Å². The molecule has 0 saturated carbocycles. The Labute approximate surface area is 184 Å². The van der Waals surface area contributed by atoms with Crippen molar-refractivity contribution in [1.82, 2.24) is 0 Å². The average Bonchev–Trinajstić information content (AvgIpc) is 3.27. The number of benzene rings is 2. The predicted octanol–water partition coefficient (Wildman–Crippen LogP) is 6.19. The van der Waals surface area contributed by atoms with Crippen LogP contribution in [0.4, 0.5) is 10.5 Å². The van der Waals surface area contributed by atoms with Crippen LogP contribution in [0.25, 0.3) is 17.4 Å². The van der Waals surface area contributed by atoms with Crippen LogP contribution in [0.3, 0.4) is 0 Å². The molecule has 2 amide bonds. The molecule has 3 aromatic rings. The Balaban J connectivity index is 1.59. The van der Waals surface area contributed by atoms with E-state index < -0.39 is 17.1 Å². The fourth-order valence-electron chi connectivity index (χ4n) is 2.84. The van der Waals surface area contributed by atoms with Gasteiger partial charge in [-0.2, -0.15) is 0 Å². The van der Waals surface area contributed by atoms with E-state index in [9.17, 15) is 14.4 Å². The minimum atomic E-state index is -1.12. The zero-order valence-electron chi connectivity index (χ0n) is 15.0. The molecular formula is C21H11Cl2NO5S. The van der Waals surface area contributed by atoms with Gasteiger partial charge in [0.1, 0.15) is 11.5 Å². The number of carboxylic acid groups (broad SMARTS) is 1. The Kier molecular flexibility index (Phi) is 5.42. The van der Waals surface area contributed by atoms with Gasteiger partial charge in [-0.05, 0) is 60.3 Å². The number of carbonyl (C=O) groups is 3. The summed E-state index contributed by atoms with van der Waals surface area (Å²) in [5.74, 6) is -0.774. The molecule has 1 aliphatic rings. The minimum Gasteiger partial charge on any atom is -0.478 e. The summed E-state index contributed by atoms with van der Waals surface area (Å²) in [6, 6.07) is 14.2. The molecule has 0 aliphatic carbocycles. The summed E-state index contributed by atoms with van der Waals surface area (Å²) in [6.07, 6.45) is 1.48. The molecule has 0 radical (unpaired) electrons. The number of imide groups is 1. The SMILES string of the molecule is O=C(O)c1ccc(-c2ccc(/C=C3\SC(=O)N(c4ccc(Cl)cc4)C3=O)o2)cc1Cl. The standard InChI is InChI=1S/C21H11Cl2NO5S/c22-12-2-4-13(5-3-12)24-19(25)18(30-21(24)28)10-14-6-8-17(29-14)11-1-7-15(20(26)27)16(23)9-11/h1-10H,(H,26,27)/b18-10-. The number of hydrogen-bond acceptors (Lipinski definition) is 5. The number of halogens is 2. The molecule has 2 aromatic carbocycles. The Morgan fingerprint density at radius 2 is 1.77 bits per heavy atom. The maximum absolute atomic E-state index is 12.7. The number of carboxylic acids is 1. The molecule has 1 aliphatic heterocycles. The number of aromatic carboxylic acids is 1. The molecule has 4 rings (SSSR count). The molecule has 1 fully saturated rings. The highest BCUT2D eigenvalue weighted by atomic mass is 35.5. The second kappa shape index (κ2) is 8.02. The van der Waals surface area contributed by atoms with Crippen molar-refractivity contribution < 1.29 is 23.9 Å². The third-order valence-electron chi connectivity index (χ3n) is 4.26. The molecule has 150 valence electrons. The average molecular weight is 460 g/mol. The molecule has 0 spiro atoms. The molecule has 1 aromatic heterocycles. The van der Waals surface area contributed by atoms with Crippen LogP contribution in [0.5, 0.6) is 0 Å². The van der Waals surface area contributed by atoms with Crippen molar-refractivity contribution in [3.05, 3.63) is 80.9 Å². The summed E-state index contributed by atoms with van der Waals surface area (Å²) in [6.45, 7) is 0. The van der Waals surface area contributed by atoms with Crippen LogP contribution < -0.4 is 4.90 Å². The number of furan rings is 1.